The zero-order chi connectivity index (χ0) is 18.5. The minimum atomic E-state index is 0.0992. The first-order chi connectivity index (χ1) is 12.5. The summed E-state index contributed by atoms with van der Waals surface area (Å²) in [4.78, 5) is 15.1. The van der Waals surface area contributed by atoms with Gasteiger partial charge in [-0.05, 0) is 61.8 Å². The number of carbonyl (C=O) groups excluding carboxylic acids is 1. The van der Waals surface area contributed by atoms with Crippen molar-refractivity contribution in [1.29, 1.82) is 0 Å². The Bertz CT molecular complexity index is 627. The van der Waals surface area contributed by atoms with E-state index in [9.17, 15) is 4.79 Å². The SMILES string of the molecule is CC(C)CN(Cc1cc(Cl)c2c(c1)CCCCO2)C(=O)C1CCCNC1. The van der Waals surface area contributed by atoms with Crippen LogP contribution < -0.4 is 10.1 Å². The minimum absolute atomic E-state index is 0.0992. The van der Waals surface area contributed by atoms with Crippen molar-refractivity contribution in [1.82, 2.24) is 10.2 Å². The number of hydrogen-bond acceptors (Lipinski definition) is 3. The molecule has 1 saturated heterocycles. The van der Waals surface area contributed by atoms with Crippen LogP contribution >= 0.6 is 11.6 Å². The first kappa shape index (κ1) is 19.5. The van der Waals surface area contributed by atoms with Gasteiger partial charge in [-0.1, -0.05) is 31.5 Å². The van der Waals surface area contributed by atoms with Crippen molar-refractivity contribution in [2.75, 3.05) is 26.2 Å². The molecule has 0 aromatic heterocycles. The lowest BCUT2D eigenvalue weighted by Crippen LogP contribution is -2.44. The van der Waals surface area contributed by atoms with Crippen molar-refractivity contribution in [3.05, 3.63) is 28.3 Å². The lowest BCUT2D eigenvalue weighted by atomic mass is 9.97. The van der Waals surface area contributed by atoms with Crippen LogP contribution in [0.4, 0.5) is 0 Å². The number of ether oxygens (including phenoxy) is 1. The van der Waals surface area contributed by atoms with Gasteiger partial charge in [0.15, 0.2) is 0 Å². The van der Waals surface area contributed by atoms with Crippen LogP contribution in [-0.4, -0.2) is 37.0 Å². The second kappa shape index (κ2) is 9.09. The highest BCUT2D eigenvalue weighted by atomic mass is 35.5. The molecular weight excluding hydrogens is 348 g/mol. The Labute approximate surface area is 162 Å². The zero-order valence-corrected chi connectivity index (χ0v) is 16.8. The van der Waals surface area contributed by atoms with E-state index in [1.165, 1.54) is 5.56 Å². The van der Waals surface area contributed by atoms with Gasteiger partial charge in [0.05, 0.1) is 17.5 Å². The van der Waals surface area contributed by atoms with Crippen LogP contribution in [0.15, 0.2) is 12.1 Å². The fraction of sp³-hybridized carbons (Fsp3) is 0.667. The molecule has 1 unspecified atom stereocenters. The average molecular weight is 379 g/mol. The number of fused-ring (bicyclic) bond motifs is 1. The van der Waals surface area contributed by atoms with Crippen molar-refractivity contribution in [3.8, 4) is 5.75 Å². The molecule has 26 heavy (non-hydrogen) atoms. The van der Waals surface area contributed by atoms with Crippen LogP contribution in [-0.2, 0) is 17.8 Å². The number of piperidine rings is 1. The number of nitrogens with zero attached hydrogens (tertiary/aromatic N) is 1. The Kier molecular flexibility index (Phi) is 6.82. The number of halogens is 1. The fourth-order valence-corrected chi connectivity index (χ4v) is 4.27. The molecule has 1 atom stereocenters. The number of amides is 1. The molecule has 2 heterocycles. The van der Waals surface area contributed by atoms with Gasteiger partial charge in [-0.25, -0.2) is 0 Å². The van der Waals surface area contributed by atoms with Crippen molar-refractivity contribution in [3.63, 3.8) is 0 Å². The third kappa shape index (κ3) is 4.92. The highest BCUT2D eigenvalue weighted by Crippen LogP contribution is 2.34. The molecular formula is C21H31ClN2O2. The van der Waals surface area contributed by atoms with Gasteiger partial charge in [0.2, 0.25) is 5.91 Å². The lowest BCUT2D eigenvalue weighted by Gasteiger charge is -2.31. The van der Waals surface area contributed by atoms with Gasteiger partial charge in [-0.15, -0.1) is 0 Å². The predicted octanol–water partition coefficient (Wildman–Crippen LogP) is 4.04. The van der Waals surface area contributed by atoms with E-state index < -0.39 is 0 Å². The molecule has 0 saturated carbocycles. The van der Waals surface area contributed by atoms with E-state index >= 15 is 0 Å². The second-order valence-corrected chi connectivity index (χ2v) is 8.43. The van der Waals surface area contributed by atoms with Gasteiger partial charge in [0, 0.05) is 19.6 Å². The summed E-state index contributed by atoms with van der Waals surface area (Å²) in [6.07, 6.45) is 5.24. The number of hydrogen-bond donors (Lipinski definition) is 1. The van der Waals surface area contributed by atoms with E-state index in [2.05, 4.69) is 25.2 Å². The van der Waals surface area contributed by atoms with Gasteiger partial charge >= 0.3 is 0 Å². The molecule has 4 nitrogen and oxygen atoms in total. The van der Waals surface area contributed by atoms with Gasteiger partial charge < -0.3 is 15.0 Å². The predicted molar refractivity (Wildman–Crippen MR) is 106 cm³/mol. The van der Waals surface area contributed by atoms with E-state index in [1.54, 1.807) is 0 Å². The molecule has 144 valence electrons. The molecule has 1 aromatic carbocycles. The van der Waals surface area contributed by atoms with E-state index in [-0.39, 0.29) is 11.8 Å². The highest BCUT2D eigenvalue weighted by molar-refractivity contribution is 6.32. The van der Waals surface area contributed by atoms with Gasteiger partial charge in [-0.3, -0.25) is 4.79 Å². The number of rotatable bonds is 5. The maximum absolute atomic E-state index is 13.1. The number of nitrogens with one attached hydrogen (secondary N) is 1. The number of aryl methyl sites for hydroxylation is 1. The molecule has 0 bridgehead atoms. The Morgan fingerprint density at radius 1 is 1.35 bits per heavy atom. The van der Waals surface area contributed by atoms with Crippen molar-refractivity contribution in [2.24, 2.45) is 11.8 Å². The summed E-state index contributed by atoms with van der Waals surface area (Å²) in [5, 5.41) is 4.04. The molecule has 0 radical (unpaired) electrons. The monoisotopic (exact) mass is 378 g/mol. The van der Waals surface area contributed by atoms with Crippen LogP contribution in [0.2, 0.25) is 5.02 Å². The third-order valence-electron chi connectivity index (χ3n) is 5.18. The summed E-state index contributed by atoms with van der Waals surface area (Å²) in [6.45, 7) is 8.29. The van der Waals surface area contributed by atoms with Crippen molar-refractivity contribution >= 4 is 17.5 Å². The topological polar surface area (TPSA) is 41.6 Å². The molecule has 3 rings (SSSR count). The van der Waals surface area contributed by atoms with Gasteiger partial charge in [0.25, 0.3) is 0 Å². The highest BCUT2D eigenvalue weighted by Gasteiger charge is 2.27. The molecule has 0 spiro atoms. The summed E-state index contributed by atoms with van der Waals surface area (Å²) < 4.78 is 5.83. The number of benzene rings is 1. The fourth-order valence-electron chi connectivity index (χ4n) is 3.96. The van der Waals surface area contributed by atoms with E-state index in [0.717, 1.165) is 69.7 Å². The Morgan fingerprint density at radius 2 is 2.19 bits per heavy atom. The minimum Gasteiger partial charge on any atom is -0.492 e. The maximum Gasteiger partial charge on any atom is 0.227 e. The third-order valence-corrected chi connectivity index (χ3v) is 5.46. The molecule has 0 aliphatic carbocycles. The smallest absolute Gasteiger partial charge is 0.227 e. The Balaban J connectivity index is 1.78. The van der Waals surface area contributed by atoms with Crippen LogP contribution in [0.3, 0.4) is 0 Å². The first-order valence-corrected chi connectivity index (χ1v) is 10.4. The van der Waals surface area contributed by atoms with Gasteiger partial charge in [-0.2, -0.15) is 0 Å². The van der Waals surface area contributed by atoms with E-state index in [4.69, 9.17) is 16.3 Å². The summed E-state index contributed by atoms with van der Waals surface area (Å²) >= 11 is 6.50. The first-order valence-electron chi connectivity index (χ1n) is 9.98. The normalized spacial score (nSPS) is 20.2. The summed E-state index contributed by atoms with van der Waals surface area (Å²) in [5.74, 6) is 1.65. The van der Waals surface area contributed by atoms with Crippen LogP contribution in [0.5, 0.6) is 5.75 Å². The quantitative estimate of drug-likeness (QED) is 0.840. The summed E-state index contributed by atoms with van der Waals surface area (Å²) in [5.41, 5.74) is 2.29. The summed E-state index contributed by atoms with van der Waals surface area (Å²) in [6, 6.07) is 4.16. The standard InChI is InChI=1S/C21H31ClN2O2/c1-15(2)13-24(21(25)18-7-5-8-23-12-18)14-16-10-17-6-3-4-9-26-20(17)19(22)11-16/h10-11,15,18,23H,3-9,12-14H2,1-2H3. The molecule has 5 heteroatoms. The zero-order valence-electron chi connectivity index (χ0n) is 16.0. The lowest BCUT2D eigenvalue weighted by molar-refractivity contribution is -0.137. The van der Waals surface area contributed by atoms with Crippen LogP contribution in [0, 0.1) is 11.8 Å². The molecule has 1 fully saturated rings. The molecule has 1 N–H and O–H groups in total. The van der Waals surface area contributed by atoms with E-state index in [1.807, 2.05) is 11.0 Å². The number of carbonyl (C=O) groups is 1. The van der Waals surface area contributed by atoms with Crippen LogP contribution in [0.1, 0.15) is 50.7 Å². The Morgan fingerprint density at radius 3 is 2.92 bits per heavy atom. The van der Waals surface area contributed by atoms with Crippen molar-refractivity contribution in [2.45, 2.75) is 52.5 Å². The maximum atomic E-state index is 13.1. The molecule has 1 aromatic rings. The van der Waals surface area contributed by atoms with Crippen molar-refractivity contribution < 1.29 is 9.53 Å². The Hall–Kier alpha value is -1.26. The average Bonchev–Trinajstić information content (AvgIpc) is 2.87. The van der Waals surface area contributed by atoms with Gasteiger partial charge in [0.1, 0.15) is 5.75 Å². The summed E-state index contributed by atoms with van der Waals surface area (Å²) in [7, 11) is 0. The second-order valence-electron chi connectivity index (χ2n) is 8.03. The van der Waals surface area contributed by atoms with Crippen LogP contribution in [0.25, 0.3) is 0 Å². The molecule has 2 aliphatic heterocycles. The largest absolute Gasteiger partial charge is 0.492 e. The molecule has 2 aliphatic rings. The van der Waals surface area contributed by atoms with E-state index in [0.29, 0.717) is 17.5 Å². The molecule has 1 amide bonds.